The lowest BCUT2D eigenvalue weighted by Gasteiger charge is -1.56. The van der Waals surface area contributed by atoms with Gasteiger partial charge in [0.15, 0.2) is 0 Å². The van der Waals surface area contributed by atoms with E-state index in [-0.39, 0.29) is 6.67 Å². The highest BCUT2D eigenvalue weighted by molar-refractivity contribution is 7.85. The van der Waals surface area contributed by atoms with Gasteiger partial charge in [0.05, 0.1) is 0 Å². The van der Waals surface area contributed by atoms with Crippen molar-refractivity contribution in [3.8, 4) is 10.8 Å². The molecule has 0 radical (unpaired) electrons. The molecule has 6 heteroatoms. The molecule has 4 N–H and O–H groups in total. The predicted octanol–water partition coefficient (Wildman–Crippen LogP) is -0.344. The van der Waals surface area contributed by atoms with Crippen molar-refractivity contribution in [1.82, 2.24) is 0 Å². The van der Waals surface area contributed by atoms with Crippen molar-refractivity contribution in [3.63, 3.8) is 0 Å². The zero-order valence-corrected chi connectivity index (χ0v) is 6.44. The molecule has 0 unspecified atom stereocenters. The van der Waals surface area contributed by atoms with Crippen LogP contribution < -0.4 is 11.5 Å². The molecular weight excluding hydrogens is 156 g/mol. The molecule has 0 aliphatic rings. The number of nitrogens with zero attached hydrogens (tertiary/aromatic N) is 2. The molecule has 0 aromatic rings. The van der Waals surface area contributed by atoms with Crippen molar-refractivity contribution in [2.45, 2.75) is 0 Å². The Labute approximate surface area is 65.3 Å². The molecule has 0 rings (SSSR count). The van der Waals surface area contributed by atoms with Gasteiger partial charge < -0.3 is 11.5 Å². The van der Waals surface area contributed by atoms with Crippen LogP contribution in [0.25, 0.3) is 0 Å². The Balaban J connectivity index is -0.0000000600. The average Bonchev–Trinajstić information content (AvgIpc) is 1.70. The minimum Gasteiger partial charge on any atom is -0.319 e. The summed E-state index contributed by atoms with van der Waals surface area (Å²) in [6.45, 7) is 0.250. The predicted molar refractivity (Wildman–Crippen MR) is 42.4 cm³/mol. The third kappa shape index (κ3) is 1490. The molecule has 0 saturated carbocycles. The fourth-order valence-electron chi connectivity index (χ4n) is 0. The van der Waals surface area contributed by atoms with Gasteiger partial charge in [0.2, 0.25) is 0 Å². The van der Waals surface area contributed by atoms with Gasteiger partial charge in [-0.3, -0.25) is 0 Å². The van der Waals surface area contributed by atoms with Crippen LogP contribution in [-0.4, -0.2) is 6.67 Å². The maximum absolute atomic E-state index is 7.18. The van der Waals surface area contributed by atoms with Gasteiger partial charge in [0, 0.05) is 6.67 Å². The number of hydrogen-bond acceptors (Lipinski definition) is 6. The first kappa shape index (κ1) is 15.8. The first-order valence-corrected chi connectivity index (χ1v) is 2.61. The van der Waals surface area contributed by atoms with Crippen molar-refractivity contribution in [3.05, 3.63) is 0 Å². The van der Waals surface area contributed by atoms with E-state index >= 15 is 0 Å². The quantitative estimate of drug-likeness (QED) is 0.223. The summed E-state index contributed by atoms with van der Waals surface area (Å²) in [7, 11) is 0. The lowest BCUT2D eigenvalue weighted by molar-refractivity contribution is 1.07. The normalized spacial score (nSPS) is 3.78. The summed E-state index contributed by atoms with van der Waals surface area (Å²) >= 11 is 6.19. The van der Waals surface area contributed by atoms with E-state index in [1.54, 1.807) is 0 Å². The fraction of sp³-hybridized carbons (Fsp3) is 0.333. The molecule has 9 heavy (non-hydrogen) atoms. The van der Waals surface area contributed by atoms with Crippen molar-refractivity contribution in [2.24, 2.45) is 11.5 Å². The second-order valence-corrected chi connectivity index (χ2v) is 0.836. The summed E-state index contributed by atoms with van der Waals surface area (Å²) in [5.74, 6) is 0. The van der Waals surface area contributed by atoms with Crippen LogP contribution in [0.4, 0.5) is 0 Å². The van der Waals surface area contributed by atoms with Crippen molar-refractivity contribution >= 4 is 25.3 Å². The molecule has 4 nitrogen and oxygen atoms in total. The minimum absolute atomic E-state index is 0.250. The molecule has 52 valence electrons. The van der Waals surface area contributed by atoms with Crippen LogP contribution in [0.2, 0.25) is 0 Å². The zero-order chi connectivity index (χ0) is 8.12. The molecule has 0 saturated heterocycles. The van der Waals surface area contributed by atoms with Crippen LogP contribution in [0.1, 0.15) is 0 Å². The number of thiol groups is 2. The molecule has 0 aromatic carbocycles. The first-order valence-electron chi connectivity index (χ1n) is 1.71. The Morgan fingerprint density at radius 3 is 1.11 bits per heavy atom. The maximum atomic E-state index is 7.18. The van der Waals surface area contributed by atoms with Crippen LogP contribution in [0.3, 0.4) is 0 Å². The topological polar surface area (TPSA) is 99.6 Å². The van der Waals surface area contributed by atoms with E-state index in [1.807, 2.05) is 0 Å². The second-order valence-electron chi connectivity index (χ2n) is 0.436. The van der Waals surface area contributed by atoms with E-state index in [2.05, 4.69) is 36.7 Å². The monoisotopic (exact) mass is 164 g/mol. The Hall–Kier alpha value is -0.400. The smallest absolute Gasteiger partial charge is 0.130 e. The minimum atomic E-state index is 0.250. The van der Waals surface area contributed by atoms with Crippen molar-refractivity contribution in [2.75, 3.05) is 6.67 Å². The summed E-state index contributed by atoms with van der Waals surface area (Å²) < 4.78 is 0. The van der Waals surface area contributed by atoms with Gasteiger partial charge in [0.1, 0.15) is 10.8 Å². The standard InChI is InChI=1S/CH6N2.2CHNS/c3*2-1-3/h1-3H2;2*3H. The average molecular weight is 164 g/mol. The lowest BCUT2D eigenvalue weighted by Crippen LogP contribution is -2.08. The van der Waals surface area contributed by atoms with Gasteiger partial charge in [-0.05, 0) is 0 Å². The van der Waals surface area contributed by atoms with Crippen LogP contribution in [-0.2, 0) is 0 Å². The zero-order valence-electron chi connectivity index (χ0n) is 4.65. The Bertz CT molecular complexity index is 79.0. The highest BCUT2D eigenvalue weighted by Gasteiger charge is 1.29. The van der Waals surface area contributed by atoms with Crippen LogP contribution >= 0.6 is 25.3 Å². The SMILES string of the molecule is N#CS.N#CS.NCN. The Kier molecular flexibility index (Phi) is 86.2. The molecule has 0 fully saturated rings. The summed E-state index contributed by atoms with van der Waals surface area (Å²) in [5.41, 5.74) is 9.25. The van der Waals surface area contributed by atoms with Crippen LogP contribution in [0, 0.1) is 21.3 Å². The Morgan fingerprint density at radius 1 is 1.11 bits per heavy atom. The van der Waals surface area contributed by atoms with Crippen LogP contribution in [0.5, 0.6) is 0 Å². The van der Waals surface area contributed by atoms with Gasteiger partial charge in [-0.1, -0.05) is 25.3 Å². The first-order chi connectivity index (χ1) is 4.24. The third-order valence-electron chi connectivity index (χ3n) is 0. The highest BCUT2D eigenvalue weighted by atomic mass is 32.1. The van der Waals surface area contributed by atoms with Gasteiger partial charge in [-0.2, -0.15) is 10.5 Å². The molecule has 0 aliphatic heterocycles. The molecule has 0 bridgehead atoms. The number of thiocyanates is 2. The number of nitrogens with two attached hydrogens (primary N) is 2. The number of hydrogen-bond donors (Lipinski definition) is 4. The van der Waals surface area contributed by atoms with Crippen LogP contribution in [0.15, 0.2) is 0 Å². The van der Waals surface area contributed by atoms with Gasteiger partial charge in [-0.25, -0.2) is 0 Å². The van der Waals surface area contributed by atoms with E-state index in [4.69, 9.17) is 10.5 Å². The summed E-state index contributed by atoms with van der Waals surface area (Å²) in [5, 5.41) is 17.3. The maximum Gasteiger partial charge on any atom is 0.130 e. The summed E-state index contributed by atoms with van der Waals surface area (Å²) in [6, 6.07) is 0. The molecular formula is C3H8N4S2. The van der Waals surface area contributed by atoms with E-state index in [0.29, 0.717) is 0 Å². The summed E-state index contributed by atoms with van der Waals surface area (Å²) in [4.78, 5) is 0. The highest BCUT2D eigenvalue weighted by Crippen LogP contribution is 1.46. The molecule has 0 amide bonds. The Morgan fingerprint density at radius 2 is 1.11 bits per heavy atom. The van der Waals surface area contributed by atoms with Gasteiger partial charge in [0.25, 0.3) is 0 Å². The molecule has 0 aromatic heterocycles. The number of nitriles is 2. The fourth-order valence-corrected chi connectivity index (χ4v) is 0. The lowest BCUT2D eigenvalue weighted by atomic mass is 11.3. The largest absolute Gasteiger partial charge is 0.319 e. The van der Waals surface area contributed by atoms with Gasteiger partial charge >= 0.3 is 0 Å². The van der Waals surface area contributed by atoms with Crippen molar-refractivity contribution < 1.29 is 0 Å². The van der Waals surface area contributed by atoms with Crippen molar-refractivity contribution in [1.29, 1.82) is 10.5 Å². The molecule has 0 heterocycles. The number of rotatable bonds is 0. The van der Waals surface area contributed by atoms with E-state index < -0.39 is 0 Å². The second kappa shape index (κ2) is 49.0. The van der Waals surface area contributed by atoms with Gasteiger partial charge in [-0.15, -0.1) is 0 Å². The summed E-state index contributed by atoms with van der Waals surface area (Å²) in [6.07, 6.45) is 0. The molecule has 0 atom stereocenters. The van der Waals surface area contributed by atoms with E-state index in [0.717, 1.165) is 0 Å². The van der Waals surface area contributed by atoms with E-state index in [1.165, 1.54) is 10.8 Å². The third-order valence-corrected chi connectivity index (χ3v) is 0. The molecule has 0 aliphatic carbocycles. The van der Waals surface area contributed by atoms with E-state index in [9.17, 15) is 0 Å². The molecule has 0 spiro atoms.